The van der Waals surface area contributed by atoms with Crippen LogP contribution in [-0.2, 0) is 0 Å². The van der Waals surface area contributed by atoms with E-state index in [0.717, 1.165) is 12.8 Å². The fourth-order valence-corrected chi connectivity index (χ4v) is 2.53. The monoisotopic (exact) mass is 288 g/mol. The summed E-state index contributed by atoms with van der Waals surface area (Å²) in [6, 6.07) is 6.16. The van der Waals surface area contributed by atoms with E-state index in [2.05, 4.69) is 4.98 Å². The number of carbonyl (C=O) groups excluding carboxylic acids is 1. The summed E-state index contributed by atoms with van der Waals surface area (Å²) in [6.45, 7) is 1.32. The Bertz CT molecular complexity index is 629. The molecule has 3 rings (SSSR count). The molecule has 110 valence electrons. The molecule has 1 aliphatic heterocycles. The third-order valence-electron chi connectivity index (χ3n) is 3.79. The lowest BCUT2D eigenvalue weighted by atomic mass is 10.1. The summed E-state index contributed by atoms with van der Waals surface area (Å²) in [4.78, 5) is 18.4. The largest absolute Gasteiger partial charge is 0.337 e. The van der Waals surface area contributed by atoms with Crippen molar-refractivity contribution in [3.8, 4) is 5.69 Å². The van der Waals surface area contributed by atoms with Crippen molar-refractivity contribution in [1.82, 2.24) is 14.5 Å². The molecule has 0 spiro atoms. The zero-order chi connectivity index (χ0) is 14.8. The topological polar surface area (TPSA) is 64.2 Å². The fourth-order valence-electron chi connectivity index (χ4n) is 2.53. The van der Waals surface area contributed by atoms with Crippen LogP contribution in [0.1, 0.15) is 23.3 Å². The number of piperidine rings is 1. The Balaban J connectivity index is 1.85. The van der Waals surface area contributed by atoms with Crippen LogP contribution in [0.15, 0.2) is 36.8 Å². The summed E-state index contributed by atoms with van der Waals surface area (Å²) in [5.41, 5.74) is 7.06. The van der Waals surface area contributed by atoms with Crippen molar-refractivity contribution < 1.29 is 9.18 Å². The number of halogens is 1. The normalized spacial score (nSPS) is 16.2. The van der Waals surface area contributed by atoms with Crippen molar-refractivity contribution in [1.29, 1.82) is 0 Å². The predicted molar refractivity (Wildman–Crippen MR) is 76.6 cm³/mol. The standard InChI is InChI=1S/C15H17FN4O/c16-11-1-3-13(4-2-11)20-10-18-9-14(20)15(21)19-7-5-12(17)6-8-19/h1-4,9-10,12H,5-8,17H2. The molecule has 1 aromatic heterocycles. The van der Waals surface area contributed by atoms with Crippen LogP contribution in [0.25, 0.3) is 5.69 Å². The smallest absolute Gasteiger partial charge is 0.272 e. The molecule has 1 amide bonds. The molecule has 1 fully saturated rings. The van der Waals surface area contributed by atoms with E-state index in [1.807, 2.05) is 0 Å². The van der Waals surface area contributed by atoms with Crippen molar-refractivity contribution in [3.05, 3.63) is 48.3 Å². The molecular weight excluding hydrogens is 271 g/mol. The summed E-state index contributed by atoms with van der Waals surface area (Å²) in [5.74, 6) is -0.375. The quantitative estimate of drug-likeness (QED) is 0.912. The van der Waals surface area contributed by atoms with E-state index in [-0.39, 0.29) is 17.8 Å². The second-order valence-corrected chi connectivity index (χ2v) is 5.25. The van der Waals surface area contributed by atoms with Crippen LogP contribution in [0, 0.1) is 5.82 Å². The van der Waals surface area contributed by atoms with E-state index in [9.17, 15) is 9.18 Å². The molecule has 0 atom stereocenters. The highest BCUT2D eigenvalue weighted by atomic mass is 19.1. The molecule has 0 unspecified atom stereocenters. The molecule has 0 bridgehead atoms. The average molecular weight is 288 g/mol. The van der Waals surface area contributed by atoms with Crippen molar-refractivity contribution in [2.24, 2.45) is 5.73 Å². The molecule has 0 aliphatic carbocycles. The van der Waals surface area contributed by atoms with E-state index in [0.29, 0.717) is 24.5 Å². The number of hydrogen-bond donors (Lipinski definition) is 1. The van der Waals surface area contributed by atoms with Gasteiger partial charge in [-0.3, -0.25) is 9.36 Å². The Labute approximate surface area is 122 Å². The Morgan fingerprint density at radius 1 is 1.24 bits per heavy atom. The van der Waals surface area contributed by atoms with Gasteiger partial charge in [-0.2, -0.15) is 0 Å². The lowest BCUT2D eigenvalue weighted by molar-refractivity contribution is 0.0706. The first-order chi connectivity index (χ1) is 10.1. The highest BCUT2D eigenvalue weighted by molar-refractivity contribution is 5.93. The molecule has 2 aromatic rings. The average Bonchev–Trinajstić information content (AvgIpc) is 2.97. The van der Waals surface area contributed by atoms with Gasteiger partial charge in [0.05, 0.1) is 12.5 Å². The number of rotatable bonds is 2. The van der Waals surface area contributed by atoms with E-state index < -0.39 is 0 Å². The minimum atomic E-state index is -0.309. The first-order valence-electron chi connectivity index (χ1n) is 6.98. The number of amides is 1. The Morgan fingerprint density at radius 3 is 2.57 bits per heavy atom. The summed E-state index contributed by atoms with van der Waals surface area (Å²) in [7, 11) is 0. The highest BCUT2D eigenvalue weighted by Gasteiger charge is 2.24. The van der Waals surface area contributed by atoms with Gasteiger partial charge >= 0.3 is 0 Å². The fraction of sp³-hybridized carbons (Fsp3) is 0.333. The first kappa shape index (κ1) is 13.8. The minimum absolute atomic E-state index is 0.0660. The van der Waals surface area contributed by atoms with Gasteiger partial charge in [0.15, 0.2) is 0 Å². The molecule has 21 heavy (non-hydrogen) atoms. The molecule has 5 nitrogen and oxygen atoms in total. The van der Waals surface area contributed by atoms with Gasteiger partial charge in [-0.05, 0) is 37.1 Å². The Hall–Kier alpha value is -2.21. The number of imidazole rings is 1. The first-order valence-corrected chi connectivity index (χ1v) is 6.98. The molecule has 1 aliphatic rings. The van der Waals surface area contributed by atoms with Crippen molar-refractivity contribution >= 4 is 5.91 Å². The van der Waals surface area contributed by atoms with E-state index in [1.54, 1.807) is 34.1 Å². The third kappa shape index (κ3) is 2.80. The van der Waals surface area contributed by atoms with E-state index in [1.165, 1.54) is 12.1 Å². The lowest BCUT2D eigenvalue weighted by Gasteiger charge is -2.30. The zero-order valence-electron chi connectivity index (χ0n) is 11.6. The maximum atomic E-state index is 13.0. The number of nitrogens with two attached hydrogens (primary N) is 1. The van der Waals surface area contributed by atoms with Gasteiger partial charge in [0.1, 0.15) is 11.5 Å². The molecular formula is C15H17FN4O. The highest BCUT2D eigenvalue weighted by Crippen LogP contribution is 2.16. The molecule has 1 saturated heterocycles. The number of carbonyl (C=O) groups is 1. The summed E-state index contributed by atoms with van der Waals surface area (Å²) in [6.07, 6.45) is 4.74. The van der Waals surface area contributed by atoms with Crippen molar-refractivity contribution in [2.75, 3.05) is 13.1 Å². The second kappa shape index (κ2) is 5.65. The van der Waals surface area contributed by atoms with Gasteiger partial charge in [-0.25, -0.2) is 9.37 Å². The van der Waals surface area contributed by atoms with Crippen molar-refractivity contribution in [2.45, 2.75) is 18.9 Å². The summed E-state index contributed by atoms with van der Waals surface area (Å²) >= 11 is 0. The van der Waals surface area contributed by atoms with Gasteiger partial charge in [-0.15, -0.1) is 0 Å². The van der Waals surface area contributed by atoms with Gasteiger partial charge in [0, 0.05) is 24.8 Å². The van der Waals surface area contributed by atoms with Crippen LogP contribution < -0.4 is 5.73 Å². The molecule has 6 heteroatoms. The lowest BCUT2D eigenvalue weighted by Crippen LogP contribution is -2.43. The SMILES string of the molecule is NC1CCN(C(=O)c2cncn2-c2ccc(F)cc2)CC1. The van der Waals surface area contributed by atoms with Gasteiger partial charge in [-0.1, -0.05) is 0 Å². The Kier molecular flexibility index (Phi) is 3.70. The van der Waals surface area contributed by atoms with Crippen LogP contribution in [0.3, 0.4) is 0 Å². The van der Waals surface area contributed by atoms with Crippen molar-refractivity contribution in [3.63, 3.8) is 0 Å². The predicted octanol–water partition coefficient (Wildman–Crippen LogP) is 1.57. The van der Waals surface area contributed by atoms with Crippen LogP contribution in [0.4, 0.5) is 4.39 Å². The number of benzene rings is 1. The van der Waals surface area contributed by atoms with Crippen LogP contribution in [-0.4, -0.2) is 39.5 Å². The third-order valence-corrected chi connectivity index (χ3v) is 3.79. The number of hydrogen-bond acceptors (Lipinski definition) is 3. The van der Waals surface area contributed by atoms with E-state index >= 15 is 0 Å². The second-order valence-electron chi connectivity index (χ2n) is 5.25. The van der Waals surface area contributed by atoms with E-state index in [4.69, 9.17) is 5.73 Å². The summed E-state index contributed by atoms with van der Waals surface area (Å²) in [5, 5.41) is 0. The van der Waals surface area contributed by atoms with Gasteiger partial charge in [0.25, 0.3) is 5.91 Å². The molecule has 2 heterocycles. The number of likely N-dealkylation sites (tertiary alicyclic amines) is 1. The molecule has 2 N–H and O–H groups in total. The zero-order valence-corrected chi connectivity index (χ0v) is 11.6. The maximum absolute atomic E-state index is 13.0. The molecule has 0 radical (unpaired) electrons. The van der Waals surface area contributed by atoms with Crippen LogP contribution in [0.2, 0.25) is 0 Å². The van der Waals surface area contributed by atoms with Gasteiger partial charge < -0.3 is 10.6 Å². The minimum Gasteiger partial charge on any atom is -0.337 e. The Morgan fingerprint density at radius 2 is 1.90 bits per heavy atom. The van der Waals surface area contributed by atoms with Crippen LogP contribution >= 0.6 is 0 Å². The number of aromatic nitrogens is 2. The summed E-state index contributed by atoms with van der Waals surface area (Å²) < 4.78 is 14.7. The van der Waals surface area contributed by atoms with Crippen LogP contribution in [0.5, 0.6) is 0 Å². The molecule has 0 saturated carbocycles. The van der Waals surface area contributed by atoms with Gasteiger partial charge in [0.2, 0.25) is 0 Å². The maximum Gasteiger partial charge on any atom is 0.272 e. The molecule has 1 aromatic carbocycles. The number of nitrogens with zero attached hydrogens (tertiary/aromatic N) is 3.